The minimum absolute atomic E-state index is 0.696. The van der Waals surface area contributed by atoms with Crippen LogP contribution in [0.3, 0.4) is 0 Å². The van der Waals surface area contributed by atoms with Gasteiger partial charge in [0.15, 0.2) is 10.2 Å². The number of nitrogens with zero attached hydrogens (tertiary/aromatic N) is 2. The van der Waals surface area contributed by atoms with Crippen molar-refractivity contribution < 1.29 is 0 Å². The Hall–Kier alpha value is -1.50. The van der Waals surface area contributed by atoms with Crippen LogP contribution in [0.25, 0.3) is 0 Å². The molecule has 0 bridgehead atoms. The van der Waals surface area contributed by atoms with Crippen molar-refractivity contribution in [1.29, 1.82) is 0 Å². The fourth-order valence-electron chi connectivity index (χ4n) is 2.49. The molecule has 0 aliphatic carbocycles. The monoisotopic (exact) mass is 500 g/mol. The largest absolute Gasteiger partial charge is 0.363 e. The number of thiocarbonyl (C=S) groups is 2. The van der Waals surface area contributed by atoms with Crippen molar-refractivity contribution in [3.05, 3.63) is 35.4 Å². The molecule has 2 rings (SSSR count). The smallest absolute Gasteiger partial charge is 0.166 e. The highest BCUT2D eigenvalue weighted by molar-refractivity contribution is 7.98. The number of aryl methyl sites for hydroxylation is 2. The van der Waals surface area contributed by atoms with Crippen LogP contribution in [-0.4, -0.2) is 67.8 Å². The molecule has 0 aliphatic heterocycles. The van der Waals surface area contributed by atoms with E-state index in [0.29, 0.717) is 10.2 Å². The zero-order chi connectivity index (χ0) is 22.3. The second-order valence-corrected chi connectivity index (χ2v) is 9.80. The Kier molecular flexibility index (Phi) is 12.7. The van der Waals surface area contributed by atoms with Gasteiger partial charge in [0.2, 0.25) is 0 Å². The van der Waals surface area contributed by atoms with Crippen molar-refractivity contribution in [3.8, 4) is 0 Å². The van der Waals surface area contributed by atoms with Crippen molar-refractivity contribution in [2.45, 2.75) is 31.8 Å². The lowest BCUT2D eigenvalue weighted by atomic mass is 10.4. The third-order valence-electron chi connectivity index (χ3n) is 4.33. The summed E-state index contributed by atoms with van der Waals surface area (Å²) in [5.74, 6) is 3.79. The number of rotatable bonds is 14. The van der Waals surface area contributed by atoms with Gasteiger partial charge in [-0.15, -0.1) is 0 Å². The molecule has 0 radical (unpaired) electrons. The fourth-order valence-corrected chi connectivity index (χ4v) is 4.65. The number of hydrogen-bond acceptors (Lipinski definition) is 6. The Labute approximate surface area is 203 Å². The molecule has 0 fully saturated rings. The molecule has 172 valence electrons. The molecule has 6 N–H and O–H groups in total. The molecule has 2 heterocycles. The maximum atomic E-state index is 5.31. The van der Waals surface area contributed by atoms with Crippen LogP contribution < -0.4 is 21.3 Å². The molecule has 0 amide bonds. The number of hydrogen-bond donors (Lipinski definition) is 6. The second kappa shape index (κ2) is 15.3. The Morgan fingerprint density at radius 1 is 0.774 bits per heavy atom. The first-order valence-corrected chi connectivity index (χ1v) is 13.4. The van der Waals surface area contributed by atoms with Gasteiger partial charge < -0.3 is 31.2 Å². The number of imidazole rings is 2. The van der Waals surface area contributed by atoms with Crippen molar-refractivity contribution >= 4 is 58.2 Å². The van der Waals surface area contributed by atoms with Crippen molar-refractivity contribution in [3.63, 3.8) is 0 Å². The Bertz CT molecular complexity index is 727. The topological polar surface area (TPSA) is 105 Å². The number of thioether (sulfide) groups is 2. The fraction of sp³-hybridized carbons (Fsp3) is 0.579. The van der Waals surface area contributed by atoms with E-state index in [4.69, 9.17) is 24.4 Å². The quantitative estimate of drug-likeness (QED) is 0.171. The second-order valence-electron chi connectivity index (χ2n) is 6.77. The van der Waals surface area contributed by atoms with E-state index >= 15 is 0 Å². The summed E-state index contributed by atoms with van der Waals surface area (Å²) in [6.07, 6.45) is 4.41. The minimum atomic E-state index is 0.696. The molecule has 0 saturated carbocycles. The van der Waals surface area contributed by atoms with Gasteiger partial charge in [-0.3, -0.25) is 0 Å². The SMILES string of the molecule is Cc1[nH]cnc1CSCCNC(=S)NCCCNC(=S)NCCSCc1nc[nH]c1C. The van der Waals surface area contributed by atoms with E-state index in [1.807, 2.05) is 37.4 Å². The van der Waals surface area contributed by atoms with Crippen molar-refractivity contribution in [2.24, 2.45) is 0 Å². The lowest BCUT2D eigenvalue weighted by molar-refractivity contribution is 0.726. The average Bonchev–Trinajstić information content (AvgIpc) is 3.35. The molecule has 12 heteroatoms. The molecule has 31 heavy (non-hydrogen) atoms. The van der Waals surface area contributed by atoms with E-state index in [0.717, 1.165) is 78.4 Å². The van der Waals surface area contributed by atoms with Crippen LogP contribution in [0.15, 0.2) is 12.7 Å². The standard InChI is InChI=1S/C19H32N8S4/c1-14-16(26-12-24-14)10-30-8-6-22-18(28)20-4-3-5-21-19(29)23-7-9-31-11-17-15(2)25-13-27-17/h12-13H,3-11H2,1-2H3,(H,24,26)(H,25,27)(H2,20,22,28)(H2,21,23,29). The third kappa shape index (κ3) is 11.1. The highest BCUT2D eigenvalue weighted by Crippen LogP contribution is 2.12. The molecule has 2 aromatic rings. The molecule has 2 aromatic heterocycles. The van der Waals surface area contributed by atoms with Gasteiger partial charge in [0.1, 0.15) is 0 Å². The zero-order valence-electron chi connectivity index (χ0n) is 18.0. The summed E-state index contributed by atoms with van der Waals surface area (Å²) in [4.78, 5) is 14.8. The molecule has 0 spiro atoms. The Morgan fingerprint density at radius 2 is 1.19 bits per heavy atom. The Morgan fingerprint density at radius 3 is 1.58 bits per heavy atom. The summed E-state index contributed by atoms with van der Waals surface area (Å²) in [5, 5.41) is 14.3. The van der Waals surface area contributed by atoms with Crippen LogP contribution in [0, 0.1) is 13.8 Å². The lowest BCUT2D eigenvalue weighted by Gasteiger charge is -2.12. The van der Waals surface area contributed by atoms with Crippen LogP contribution >= 0.6 is 48.0 Å². The van der Waals surface area contributed by atoms with Gasteiger partial charge in [-0.05, 0) is 44.7 Å². The number of H-pyrrole nitrogens is 2. The molecular formula is C19H32N8S4. The summed E-state index contributed by atoms with van der Waals surface area (Å²) >= 11 is 14.3. The van der Waals surface area contributed by atoms with Gasteiger partial charge in [0.05, 0.1) is 24.0 Å². The van der Waals surface area contributed by atoms with Gasteiger partial charge in [-0.25, -0.2) is 9.97 Å². The van der Waals surface area contributed by atoms with E-state index in [-0.39, 0.29) is 0 Å². The van der Waals surface area contributed by atoms with Gasteiger partial charge in [-0.2, -0.15) is 23.5 Å². The maximum absolute atomic E-state index is 5.31. The highest BCUT2D eigenvalue weighted by Gasteiger charge is 2.02. The van der Waals surface area contributed by atoms with Crippen molar-refractivity contribution in [1.82, 2.24) is 41.2 Å². The summed E-state index contributed by atoms with van der Waals surface area (Å²) in [6, 6.07) is 0. The van der Waals surface area contributed by atoms with Gasteiger partial charge in [-0.1, -0.05) is 0 Å². The number of aromatic amines is 2. The lowest BCUT2D eigenvalue weighted by Crippen LogP contribution is -2.40. The molecule has 0 aromatic carbocycles. The maximum Gasteiger partial charge on any atom is 0.166 e. The third-order valence-corrected chi connectivity index (χ3v) is 6.85. The first-order valence-electron chi connectivity index (χ1n) is 10.2. The zero-order valence-corrected chi connectivity index (χ0v) is 21.3. The molecule has 8 nitrogen and oxygen atoms in total. The van der Waals surface area contributed by atoms with Crippen LogP contribution in [0.5, 0.6) is 0 Å². The summed E-state index contributed by atoms with van der Waals surface area (Å²) in [7, 11) is 0. The predicted octanol–water partition coefficient (Wildman–Crippen LogP) is 2.23. The first-order chi connectivity index (χ1) is 15.1. The normalized spacial score (nSPS) is 10.6. The van der Waals surface area contributed by atoms with E-state index in [2.05, 4.69) is 41.2 Å². The summed E-state index contributed by atoms with van der Waals surface area (Å²) in [5.41, 5.74) is 4.52. The summed E-state index contributed by atoms with van der Waals surface area (Å²) in [6.45, 7) is 7.37. The number of aromatic nitrogens is 4. The predicted molar refractivity (Wildman–Crippen MR) is 141 cm³/mol. The number of nitrogens with one attached hydrogen (secondary N) is 6. The molecule has 0 atom stereocenters. The van der Waals surface area contributed by atoms with Gasteiger partial charge in [0, 0.05) is 60.6 Å². The molecule has 0 aliphatic rings. The van der Waals surface area contributed by atoms with Crippen LogP contribution in [0.2, 0.25) is 0 Å². The van der Waals surface area contributed by atoms with E-state index in [1.165, 1.54) is 0 Å². The molecule has 0 saturated heterocycles. The first kappa shape index (κ1) is 25.8. The van der Waals surface area contributed by atoms with E-state index < -0.39 is 0 Å². The van der Waals surface area contributed by atoms with E-state index in [1.54, 1.807) is 12.7 Å². The Balaban J connectivity index is 1.36. The highest BCUT2D eigenvalue weighted by atomic mass is 32.2. The minimum Gasteiger partial charge on any atom is -0.363 e. The van der Waals surface area contributed by atoms with Crippen LogP contribution in [-0.2, 0) is 11.5 Å². The van der Waals surface area contributed by atoms with Crippen molar-refractivity contribution in [2.75, 3.05) is 37.7 Å². The molecular weight excluding hydrogens is 469 g/mol. The van der Waals surface area contributed by atoms with Gasteiger partial charge >= 0.3 is 0 Å². The van der Waals surface area contributed by atoms with Crippen LogP contribution in [0.1, 0.15) is 29.2 Å². The van der Waals surface area contributed by atoms with Gasteiger partial charge in [0.25, 0.3) is 0 Å². The summed E-state index contributed by atoms with van der Waals surface area (Å²) < 4.78 is 0. The average molecular weight is 501 g/mol. The molecule has 0 unspecified atom stereocenters. The van der Waals surface area contributed by atoms with E-state index in [9.17, 15) is 0 Å². The van der Waals surface area contributed by atoms with Crippen LogP contribution in [0.4, 0.5) is 0 Å².